The third-order valence-corrected chi connectivity index (χ3v) is 3.68. The molecular weight excluding hydrogens is 274 g/mol. The van der Waals surface area contributed by atoms with Crippen LogP contribution in [0.4, 0.5) is 11.6 Å². The van der Waals surface area contributed by atoms with Gasteiger partial charge in [-0.1, -0.05) is 6.07 Å². The number of piperazine rings is 1. The van der Waals surface area contributed by atoms with Gasteiger partial charge < -0.3 is 19.9 Å². The van der Waals surface area contributed by atoms with E-state index in [4.69, 9.17) is 0 Å². The Kier molecular flexibility index (Phi) is 3.20. The average molecular weight is 289 g/mol. The quantitative estimate of drug-likeness (QED) is 0.606. The Hall–Kier alpha value is -2.64. The van der Waals surface area contributed by atoms with Crippen molar-refractivity contribution in [1.82, 2.24) is 14.3 Å². The van der Waals surface area contributed by atoms with Crippen molar-refractivity contribution in [2.24, 2.45) is 0 Å². The maximum Gasteiger partial charge on any atom is 0.372 e. The zero-order valence-electron chi connectivity index (χ0n) is 11.6. The average Bonchev–Trinajstić information content (AvgIpc) is 2.86. The van der Waals surface area contributed by atoms with Crippen LogP contribution in [-0.4, -0.2) is 51.3 Å². The Morgan fingerprint density at radius 1 is 1.29 bits per heavy atom. The number of carbonyl (C=O) groups excluding carboxylic acids is 1. The first-order valence-corrected chi connectivity index (χ1v) is 6.70. The van der Waals surface area contributed by atoms with E-state index >= 15 is 0 Å². The molecule has 0 aromatic carbocycles. The highest BCUT2D eigenvalue weighted by molar-refractivity contribution is 5.73. The molecule has 0 N–H and O–H groups in total. The number of carbonyl (C=O) groups is 1. The Morgan fingerprint density at radius 3 is 2.62 bits per heavy atom. The first-order chi connectivity index (χ1) is 10.1. The largest absolute Gasteiger partial charge is 0.372 e. The summed E-state index contributed by atoms with van der Waals surface area (Å²) in [6.07, 6.45) is 1.63. The van der Waals surface area contributed by atoms with Gasteiger partial charge in [0.25, 0.3) is 0 Å². The molecule has 0 saturated carbocycles. The fourth-order valence-corrected chi connectivity index (χ4v) is 2.59. The number of pyridine rings is 1. The lowest BCUT2D eigenvalue weighted by Gasteiger charge is -2.33. The minimum absolute atomic E-state index is 0.0260. The molecule has 0 spiro atoms. The molecule has 3 rings (SSSR count). The molecule has 1 aliphatic heterocycles. The lowest BCUT2D eigenvalue weighted by Crippen LogP contribution is -2.48. The second-order valence-electron chi connectivity index (χ2n) is 4.94. The fraction of sp³-hybridized carbons (Fsp3) is 0.385. The number of imidazole rings is 1. The van der Waals surface area contributed by atoms with Crippen molar-refractivity contribution in [3.8, 4) is 0 Å². The van der Waals surface area contributed by atoms with Crippen molar-refractivity contribution >= 4 is 23.2 Å². The first kappa shape index (κ1) is 13.3. The third kappa shape index (κ3) is 2.28. The molecule has 3 heterocycles. The summed E-state index contributed by atoms with van der Waals surface area (Å²) in [6, 6.07) is 5.27. The van der Waals surface area contributed by atoms with E-state index in [-0.39, 0.29) is 11.7 Å². The van der Waals surface area contributed by atoms with Crippen LogP contribution >= 0.6 is 0 Å². The number of fused-ring (bicyclic) bond motifs is 1. The zero-order chi connectivity index (χ0) is 15.0. The van der Waals surface area contributed by atoms with Crippen LogP contribution in [0.1, 0.15) is 6.92 Å². The summed E-state index contributed by atoms with van der Waals surface area (Å²) in [5, 5.41) is 11.4. The summed E-state index contributed by atoms with van der Waals surface area (Å²) in [5.74, 6) is 0.371. The Balaban J connectivity index is 1.96. The van der Waals surface area contributed by atoms with E-state index in [0.29, 0.717) is 37.6 Å². The SMILES string of the molecule is CC(=O)N1CCN(c2nc3ccccn3c2[N+](=O)[O-])CC1. The van der Waals surface area contributed by atoms with Gasteiger partial charge in [0.15, 0.2) is 0 Å². The second kappa shape index (κ2) is 5.04. The van der Waals surface area contributed by atoms with E-state index in [1.54, 1.807) is 29.3 Å². The molecule has 1 saturated heterocycles. The van der Waals surface area contributed by atoms with Crippen LogP contribution in [0, 0.1) is 10.1 Å². The Labute approximate surface area is 120 Å². The summed E-state index contributed by atoms with van der Waals surface area (Å²) in [5.41, 5.74) is 0.549. The van der Waals surface area contributed by atoms with Gasteiger partial charge in [-0.2, -0.15) is 9.38 Å². The summed E-state index contributed by atoms with van der Waals surface area (Å²) in [6.45, 7) is 3.73. The van der Waals surface area contributed by atoms with E-state index < -0.39 is 4.92 Å². The molecule has 2 aromatic rings. The summed E-state index contributed by atoms with van der Waals surface area (Å²) in [4.78, 5) is 30.3. The van der Waals surface area contributed by atoms with Crippen molar-refractivity contribution in [3.63, 3.8) is 0 Å². The normalized spacial score (nSPS) is 15.5. The van der Waals surface area contributed by atoms with Crippen molar-refractivity contribution in [2.45, 2.75) is 6.92 Å². The van der Waals surface area contributed by atoms with Gasteiger partial charge in [0.2, 0.25) is 17.4 Å². The number of nitrogens with zero attached hydrogens (tertiary/aromatic N) is 5. The van der Waals surface area contributed by atoms with Gasteiger partial charge in [-0.3, -0.25) is 4.79 Å². The minimum Gasteiger partial charge on any atom is -0.358 e. The van der Waals surface area contributed by atoms with Gasteiger partial charge in [-0.25, -0.2) is 0 Å². The molecule has 0 bridgehead atoms. The molecule has 8 nitrogen and oxygen atoms in total. The van der Waals surface area contributed by atoms with Crippen molar-refractivity contribution in [3.05, 3.63) is 34.5 Å². The van der Waals surface area contributed by atoms with Gasteiger partial charge in [0.05, 0.1) is 6.20 Å². The molecule has 1 aliphatic rings. The number of hydrogen-bond acceptors (Lipinski definition) is 5. The minimum atomic E-state index is -0.410. The second-order valence-corrected chi connectivity index (χ2v) is 4.94. The molecular formula is C13H15N5O3. The number of rotatable bonds is 2. The maximum atomic E-state index is 11.4. The summed E-state index contributed by atoms with van der Waals surface area (Å²) < 4.78 is 1.48. The lowest BCUT2D eigenvalue weighted by molar-refractivity contribution is -0.389. The van der Waals surface area contributed by atoms with Crippen LogP contribution in [-0.2, 0) is 4.79 Å². The van der Waals surface area contributed by atoms with E-state index in [2.05, 4.69) is 4.98 Å². The lowest BCUT2D eigenvalue weighted by atomic mass is 10.3. The van der Waals surface area contributed by atoms with Crippen LogP contribution in [0.3, 0.4) is 0 Å². The number of aromatic nitrogens is 2. The van der Waals surface area contributed by atoms with Gasteiger partial charge in [0.1, 0.15) is 0 Å². The van der Waals surface area contributed by atoms with Crippen molar-refractivity contribution < 1.29 is 9.72 Å². The van der Waals surface area contributed by atoms with E-state index in [1.165, 1.54) is 11.3 Å². The predicted octanol–water partition coefficient (Wildman–Crippen LogP) is 0.911. The predicted molar refractivity (Wildman–Crippen MR) is 76.3 cm³/mol. The monoisotopic (exact) mass is 289 g/mol. The molecule has 8 heteroatoms. The van der Waals surface area contributed by atoms with Gasteiger partial charge in [-0.05, 0) is 11.0 Å². The number of anilines is 1. The Morgan fingerprint density at radius 2 is 2.00 bits per heavy atom. The molecule has 110 valence electrons. The van der Waals surface area contributed by atoms with Crippen LogP contribution in [0.2, 0.25) is 0 Å². The van der Waals surface area contributed by atoms with E-state index in [0.717, 1.165) is 0 Å². The molecule has 21 heavy (non-hydrogen) atoms. The number of nitro groups is 1. The van der Waals surface area contributed by atoms with Gasteiger partial charge in [-0.15, -0.1) is 0 Å². The molecule has 0 aliphatic carbocycles. The molecule has 2 aromatic heterocycles. The highest BCUT2D eigenvalue weighted by Crippen LogP contribution is 2.29. The van der Waals surface area contributed by atoms with Crippen LogP contribution in [0.5, 0.6) is 0 Å². The molecule has 1 amide bonds. The van der Waals surface area contributed by atoms with Gasteiger partial charge in [0, 0.05) is 39.2 Å². The standard InChI is InChI=1S/C13H15N5O3/c1-10(19)15-6-8-16(9-7-15)12-13(18(20)21)17-5-3-2-4-11(17)14-12/h2-5H,6-9H2,1H3. The molecule has 0 radical (unpaired) electrons. The summed E-state index contributed by atoms with van der Waals surface area (Å²) >= 11 is 0. The molecule has 0 unspecified atom stereocenters. The zero-order valence-corrected chi connectivity index (χ0v) is 11.6. The molecule has 0 atom stereocenters. The first-order valence-electron chi connectivity index (χ1n) is 6.70. The topological polar surface area (TPSA) is 84.0 Å². The molecule has 1 fully saturated rings. The van der Waals surface area contributed by atoms with Crippen LogP contribution < -0.4 is 4.90 Å². The van der Waals surface area contributed by atoms with Crippen molar-refractivity contribution in [2.75, 3.05) is 31.1 Å². The third-order valence-electron chi connectivity index (χ3n) is 3.68. The van der Waals surface area contributed by atoms with Gasteiger partial charge >= 0.3 is 5.82 Å². The fourth-order valence-electron chi connectivity index (χ4n) is 2.59. The summed E-state index contributed by atoms with van der Waals surface area (Å²) in [7, 11) is 0. The van der Waals surface area contributed by atoms with Crippen LogP contribution in [0.15, 0.2) is 24.4 Å². The number of hydrogen-bond donors (Lipinski definition) is 0. The Bertz CT molecular complexity index is 703. The van der Waals surface area contributed by atoms with Crippen molar-refractivity contribution in [1.29, 1.82) is 0 Å². The highest BCUT2D eigenvalue weighted by Gasteiger charge is 2.29. The van der Waals surface area contributed by atoms with E-state index in [1.807, 2.05) is 4.90 Å². The number of amides is 1. The maximum absolute atomic E-state index is 11.4. The van der Waals surface area contributed by atoms with Crippen LogP contribution in [0.25, 0.3) is 5.65 Å². The smallest absolute Gasteiger partial charge is 0.358 e. The highest BCUT2D eigenvalue weighted by atomic mass is 16.6. The van der Waals surface area contributed by atoms with E-state index in [9.17, 15) is 14.9 Å².